The number of hydrogen-bond acceptors (Lipinski definition) is 6. The third kappa shape index (κ3) is 4.45. The van der Waals surface area contributed by atoms with Crippen molar-refractivity contribution in [2.45, 2.75) is 38.6 Å². The summed E-state index contributed by atoms with van der Waals surface area (Å²) in [5.74, 6) is -0.241. The molecule has 0 radical (unpaired) electrons. The van der Waals surface area contributed by atoms with Gasteiger partial charge in [-0.05, 0) is 25.8 Å². The number of esters is 1. The van der Waals surface area contributed by atoms with E-state index in [4.69, 9.17) is 0 Å². The lowest BCUT2D eigenvalue weighted by atomic mass is 10.1. The van der Waals surface area contributed by atoms with Gasteiger partial charge in [-0.1, -0.05) is 6.92 Å². The lowest BCUT2D eigenvalue weighted by molar-refractivity contribution is -0.139. The summed E-state index contributed by atoms with van der Waals surface area (Å²) in [6, 6.07) is 0.500. The summed E-state index contributed by atoms with van der Waals surface area (Å²) >= 11 is 1.56. The van der Waals surface area contributed by atoms with Crippen LogP contribution >= 0.6 is 11.3 Å². The van der Waals surface area contributed by atoms with Gasteiger partial charge >= 0.3 is 5.97 Å². The van der Waals surface area contributed by atoms with Crippen molar-refractivity contribution < 1.29 is 9.53 Å². The lowest BCUT2D eigenvalue weighted by Gasteiger charge is -2.31. The first kappa shape index (κ1) is 15.3. The van der Waals surface area contributed by atoms with E-state index in [1.165, 1.54) is 20.1 Å². The molecule has 1 saturated heterocycles. The van der Waals surface area contributed by atoms with Gasteiger partial charge in [-0.15, -0.1) is 11.3 Å². The van der Waals surface area contributed by atoms with Crippen LogP contribution in [0, 0.1) is 0 Å². The number of anilines is 1. The highest BCUT2D eigenvalue weighted by Crippen LogP contribution is 2.20. The molecular formula is C14H23N3O2S. The van der Waals surface area contributed by atoms with E-state index in [-0.39, 0.29) is 12.4 Å². The Morgan fingerprint density at radius 3 is 2.95 bits per heavy atom. The fourth-order valence-electron chi connectivity index (χ4n) is 2.47. The highest BCUT2D eigenvalue weighted by atomic mass is 32.1. The normalized spacial score (nSPS) is 17.1. The van der Waals surface area contributed by atoms with Crippen LogP contribution in [0.25, 0.3) is 0 Å². The van der Waals surface area contributed by atoms with Gasteiger partial charge in [-0.3, -0.25) is 4.79 Å². The minimum absolute atomic E-state index is 0.241. The molecule has 0 aromatic carbocycles. The highest BCUT2D eigenvalue weighted by Gasteiger charge is 2.19. The number of nitrogens with one attached hydrogen (secondary N) is 1. The van der Waals surface area contributed by atoms with E-state index in [0.29, 0.717) is 6.04 Å². The van der Waals surface area contributed by atoms with Crippen LogP contribution in [0.1, 0.15) is 31.9 Å². The molecule has 1 aliphatic heterocycles. The molecular weight excluding hydrogens is 274 g/mol. The van der Waals surface area contributed by atoms with Crippen molar-refractivity contribution in [3.8, 4) is 0 Å². The molecule has 1 N–H and O–H groups in total. The second-order valence-electron chi connectivity index (χ2n) is 5.16. The molecule has 2 rings (SSSR count). The molecule has 0 bridgehead atoms. The highest BCUT2D eigenvalue weighted by molar-refractivity contribution is 7.13. The summed E-state index contributed by atoms with van der Waals surface area (Å²) in [7, 11) is 1.40. The van der Waals surface area contributed by atoms with E-state index < -0.39 is 0 Å². The predicted molar refractivity (Wildman–Crippen MR) is 81.2 cm³/mol. The van der Waals surface area contributed by atoms with Crippen molar-refractivity contribution in [1.29, 1.82) is 0 Å². The van der Waals surface area contributed by atoms with Gasteiger partial charge in [0.25, 0.3) is 0 Å². The Labute approximate surface area is 124 Å². The van der Waals surface area contributed by atoms with E-state index in [1.54, 1.807) is 11.3 Å². The Balaban J connectivity index is 1.78. The van der Waals surface area contributed by atoms with Crippen molar-refractivity contribution in [2.75, 3.05) is 32.1 Å². The first-order valence-corrected chi connectivity index (χ1v) is 8.09. The largest absolute Gasteiger partial charge is 0.469 e. The van der Waals surface area contributed by atoms with Gasteiger partial charge < -0.3 is 15.0 Å². The smallest absolute Gasteiger partial charge is 0.311 e. The molecule has 20 heavy (non-hydrogen) atoms. The molecule has 1 aromatic rings. The van der Waals surface area contributed by atoms with E-state index in [1.807, 2.05) is 5.38 Å². The molecule has 1 aliphatic rings. The fourth-order valence-corrected chi connectivity index (χ4v) is 3.25. The second kappa shape index (κ2) is 7.59. The first-order chi connectivity index (χ1) is 9.71. The maximum Gasteiger partial charge on any atom is 0.311 e. The van der Waals surface area contributed by atoms with Crippen LogP contribution < -0.4 is 5.32 Å². The maximum absolute atomic E-state index is 11.2. The zero-order chi connectivity index (χ0) is 14.4. The van der Waals surface area contributed by atoms with Crippen LogP contribution in [0.4, 0.5) is 5.13 Å². The summed E-state index contributed by atoms with van der Waals surface area (Å²) in [5, 5.41) is 6.32. The summed E-state index contributed by atoms with van der Waals surface area (Å²) in [6.07, 6.45) is 3.79. The van der Waals surface area contributed by atoms with Gasteiger partial charge in [0.2, 0.25) is 0 Å². The fraction of sp³-hybridized carbons (Fsp3) is 0.714. The lowest BCUT2D eigenvalue weighted by Crippen LogP contribution is -2.39. The molecule has 1 aromatic heterocycles. The number of carbonyl (C=O) groups is 1. The van der Waals surface area contributed by atoms with Gasteiger partial charge in [-0.2, -0.15) is 0 Å². The number of nitrogens with zero attached hydrogens (tertiary/aromatic N) is 2. The van der Waals surface area contributed by atoms with E-state index in [0.717, 1.165) is 36.8 Å². The third-order valence-electron chi connectivity index (χ3n) is 3.56. The second-order valence-corrected chi connectivity index (χ2v) is 6.02. The zero-order valence-electron chi connectivity index (χ0n) is 12.2. The van der Waals surface area contributed by atoms with Gasteiger partial charge in [-0.25, -0.2) is 4.98 Å². The van der Waals surface area contributed by atoms with Crippen molar-refractivity contribution in [1.82, 2.24) is 9.88 Å². The maximum atomic E-state index is 11.2. The van der Waals surface area contributed by atoms with Gasteiger partial charge in [0.1, 0.15) is 0 Å². The summed E-state index contributed by atoms with van der Waals surface area (Å²) in [4.78, 5) is 18.2. The minimum Gasteiger partial charge on any atom is -0.469 e. The molecule has 0 amide bonds. The number of hydrogen-bond donors (Lipinski definition) is 1. The Bertz CT molecular complexity index is 428. The molecule has 0 aliphatic carbocycles. The number of methoxy groups -OCH3 is 1. The summed E-state index contributed by atoms with van der Waals surface area (Å²) in [5.41, 5.74) is 0.785. The van der Waals surface area contributed by atoms with Crippen LogP contribution in [0.5, 0.6) is 0 Å². The molecule has 0 atom stereocenters. The van der Waals surface area contributed by atoms with E-state index >= 15 is 0 Å². The van der Waals surface area contributed by atoms with Gasteiger partial charge in [0, 0.05) is 24.5 Å². The van der Waals surface area contributed by atoms with Crippen molar-refractivity contribution >= 4 is 22.4 Å². The van der Waals surface area contributed by atoms with E-state index in [2.05, 4.69) is 26.9 Å². The number of aromatic nitrogens is 1. The Morgan fingerprint density at radius 1 is 1.55 bits per heavy atom. The molecule has 5 nitrogen and oxygen atoms in total. The van der Waals surface area contributed by atoms with E-state index in [9.17, 15) is 4.79 Å². The van der Waals surface area contributed by atoms with Crippen molar-refractivity contribution in [3.63, 3.8) is 0 Å². The minimum atomic E-state index is -0.241. The SMILES string of the molecule is CCCN1CCC(Nc2nc(CC(=O)OC)cs2)CC1. The number of piperidine rings is 1. The summed E-state index contributed by atoms with van der Waals surface area (Å²) < 4.78 is 4.65. The molecule has 0 unspecified atom stereocenters. The number of rotatable bonds is 6. The number of thiazole rings is 1. The average molecular weight is 297 g/mol. The van der Waals surface area contributed by atoms with Crippen molar-refractivity contribution in [3.05, 3.63) is 11.1 Å². The number of carbonyl (C=O) groups excluding carboxylic acids is 1. The van der Waals surface area contributed by atoms with Crippen LogP contribution in [0.15, 0.2) is 5.38 Å². The van der Waals surface area contributed by atoms with Crippen LogP contribution in [0.2, 0.25) is 0 Å². The molecule has 1 fully saturated rings. The third-order valence-corrected chi connectivity index (χ3v) is 4.38. The Kier molecular flexibility index (Phi) is 5.79. The number of likely N-dealkylation sites (tertiary alicyclic amines) is 1. The molecule has 0 spiro atoms. The standard InChI is InChI=1S/C14H23N3O2S/c1-3-6-17-7-4-11(5-8-17)15-14-16-12(10-20-14)9-13(18)19-2/h10-11H,3-9H2,1-2H3,(H,15,16). The Morgan fingerprint density at radius 2 is 2.30 bits per heavy atom. The Hall–Kier alpha value is -1.14. The predicted octanol–water partition coefficient (Wildman–Crippen LogP) is 2.14. The topological polar surface area (TPSA) is 54.5 Å². The quantitative estimate of drug-likeness (QED) is 0.815. The monoisotopic (exact) mass is 297 g/mol. The molecule has 6 heteroatoms. The molecule has 112 valence electrons. The van der Waals surface area contributed by atoms with Crippen LogP contribution in [-0.2, 0) is 16.0 Å². The van der Waals surface area contributed by atoms with Crippen LogP contribution in [0.3, 0.4) is 0 Å². The van der Waals surface area contributed by atoms with Crippen LogP contribution in [-0.4, -0.2) is 48.6 Å². The first-order valence-electron chi connectivity index (χ1n) is 7.21. The van der Waals surface area contributed by atoms with Gasteiger partial charge in [0.05, 0.1) is 19.2 Å². The van der Waals surface area contributed by atoms with Crippen molar-refractivity contribution in [2.24, 2.45) is 0 Å². The molecule has 2 heterocycles. The number of ether oxygens (including phenoxy) is 1. The summed E-state index contributed by atoms with van der Waals surface area (Å²) in [6.45, 7) is 5.74. The van der Waals surface area contributed by atoms with Gasteiger partial charge in [0.15, 0.2) is 5.13 Å². The average Bonchev–Trinajstić information content (AvgIpc) is 2.88. The zero-order valence-corrected chi connectivity index (χ0v) is 13.0. The molecule has 0 saturated carbocycles.